The molecule has 0 unspecified atom stereocenters. The highest BCUT2D eigenvalue weighted by molar-refractivity contribution is 14.1. The van der Waals surface area contributed by atoms with Crippen molar-refractivity contribution < 1.29 is 14.3 Å². The number of ether oxygens (including phenoxy) is 1. The number of anilines is 2. The number of carbonyl (C=O) groups is 2. The molecular weight excluding hydrogens is 409 g/mol. The van der Waals surface area contributed by atoms with Crippen LogP contribution in [0.2, 0.25) is 0 Å². The molecule has 0 fully saturated rings. The smallest absolute Gasteiger partial charge is 0.340 e. The van der Waals surface area contributed by atoms with Crippen molar-refractivity contribution >= 4 is 46.1 Å². The number of esters is 1. The lowest BCUT2D eigenvalue weighted by Crippen LogP contribution is -2.20. The number of H-pyrrole nitrogens is 1. The first kappa shape index (κ1) is 17.3. The van der Waals surface area contributed by atoms with Crippen molar-refractivity contribution in [2.75, 3.05) is 17.2 Å². The van der Waals surface area contributed by atoms with Crippen molar-refractivity contribution in [3.8, 4) is 0 Å². The highest BCUT2D eigenvalue weighted by Gasteiger charge is 2.20. The second-order valence-electron chi connectivity index (χ2n) is 4.93. The van der Waals surface area contributed by atoms with E-state index >= 15 is 0 Å². The number of amides is 2. The van der Waals surface area contributed by atoms with Gasteiger partial charge in [0.1, 0.15) is 5.82 Å². The lowest BCUT2D eigenvalue weighted by Gasteiger charge is -2.07. The molecule has 122 valence electrons. The fraction of sp³-hybridized carbons (Fsp3) is 0.250. The van der Waals surface area contributed by atoms with E-state index in [4.69, 9.17) is 4.74 Å². The Kier molecular flexibility index (Phi) is 5.64. The average molecular weight is 427 g/mol. The first-order valence-electron chi connectivity index (χ1n) is 7.12. The summed E-state index contributed by atoms with van der Waals surface area (Å²) in [7, 11) is 0. The van der Waals surface area contributed by atoms with Crippen molar-refractivity contribution in [1.29, 1.82) is 0 Å². The Morgan fingerprint density at radius 1 is 1.17 bits per heavy atom. The van der Waals surface area contributed by atoms with Gasteiger partial charge < -0.3 is 15.0 Å². The predicted molar refractivity (Wildman–Crippen MR) is 98.0 cm³/mol. The fourth-order valence-electron chi connectivity index (χ4n) is 2.19. The van der Waals surface area contributed by atoms with E-state index in [0.29, 0.717) is 34.9 Å². The van der Waals surface area contributed by atoms with E-state index in [2.05, 4.69) is 38.2 Å². The van der Waals surface area contributed by atoms with E-state index in [9.17, 15) is 9.59 Å². The molecule has 0 atom stereocenters. The van der Waals surface area contributed by atoms with Gasteiger partial charge in [0, 0.05) is 20.5 Å². The molecule has 0 radical (unpaired) electrons. The van der Waals surface area contributed by atoms with Crippen molar-refractivity contribution in [1.82, 2.24) is 4.98 Å². The number of aryl methyl sites for hydroxylation is 1. The molecule has 0 saturated carbocycles. The van der Waals surface area contributed by atoms with Crippen molar-refractivity contribution in [3.63, 3.8) is 0 Å². The summed E-state index contributed by atoms with van der Waals surface area (Å²) in [6.07, 6.45) is 0. The Morgan fingerprint density at radius 2 is 1.83 bits per heavy atom. The minimum absolute atomic E-state index is 0.305. The number of aromatic amines is 1. The molecular formula is C16H18IN3O3. The van der Waals surface area contributed by atoms with Gasteiger partial charge in [-0.1, -0.05) is 0 Å². The van der Waals surface area contributed by atoms with Crippen LogP contribution < -0.4 is 10.6 Å². The summed E-state index contributed by atoms with van der Waals surface area (Å²) in [4.78, 5) is 27.0. The number of urea groups is 1. The van der Waals surface area contributed by atoms with Crippen LogP contribution in [0.15, 0.2) is 24.3 Å². The van der Waals surface area contributed by atoms with Gasteiger partial charge in [0.25, 0.3) is 0 Å². The van der Waals surface area contributed by atoms with Gasteiger partial charge in [0.05, 0.1) is 12.2 Å². The first-order valence-corrected chi connectivity index (χ1v) is 8.20. The third kappa shape index (κ3) is 4.25. The predicted octanol–water partition coefficient (Wildman–Crippen LogP) is 4.06. The van der Waals surface area contributed by atoms with Crippen molar-refractivity contribution in [3.05, 3.63) is 44.7 Å². The Morgan fingerprint density at radius 3 is 2.43 bits per heavy atom. The number of benzene rings is 1. The Balaban J connectivity index is 2.11. The molecule has 0 bridgehead atoms. The number of halogens is 1. The molecule has 2 aromatic rings. The summed E-state index contributed by atoms with van der Waals surface area (Å²) < 4.78 is 6.11. The summed E-state index contributed by atoms with van der Waals surface area (Å²) in [5.41, 5.74) is 2.45. The fourth-order valence-corrected chi connectivity index (χ4v) is 2.55. The summed E-state index contributed by atoms with van der Waals surface area (Å²) in [6.45, 7) is 5.58. The lowest BCUT2D eigenvalue weighted by atomic mass is 10.1. The number of carbonyl (C=O) groups excluding carboxylic acids is 2. The van der Waals surface area contributed by atoms with Crippen LogP contribution in [0, 0.1) is 17.4 Å². The quantitative estimate of drug-likeness (QED) is 0.509. The maximum Gasteiger partial charge on any atom is 0.340 e. The number of rotatable bonds is 4. The summed E-state index contributed by atoms with van der Waals surface area (Å²) in [5.74, 6) is 0.0819. The maximum atomic E-state index is 12.1. The molecule has 0 aliphatic rings. The molecule has 2 amide bonds. The van der Waals surface area contributed by atoms with Gasteiger partial charge in [-0.15, -0.1) is 0 Å². The second-order valence-corrected chi connectivity index (χ2v) is 6.18. The van der Waals surface area contributed by atoms with Crippen LogP contribution in [-0.2, 0) is 4.74 Å². The topological polar surface area (TPSA) is 83.2 Å². The molecule has 7 heteroatoms. The number of hydrogen-bond acceptors (Lipinski definition) is 3. The van der Waals surface area contributed by atoms with Gasteiger partial charge >= 0.3 is 12.0 Å². The molecule has 6 nitrogen and oxygen atoms in total. The van der Waals surface area contributed by atoms with Crippen LogP contribution in [0.5, 0.6) is 0 Å². The summed E-state index contributed by atoms with van der Waals surface area (Å²) in [5, 5.41) is 5.45. The molecule has 0 saturated heterocycles. The maximum absolute atomic E-state index is 12.1. The van der Waals surface area contributed by atoms with Crippen LogP contribution >= 0.6 is 22.6 Å². The second kappa shape index (κ2) is 7.49. The third-order valence-electron chi connectivity index (χ3n) is 3.26. The Bertz CT molecular complexity index is 723. The Labute approximate surface area is 148 Å². The van der Waals surface area contributed by atoms with Crippen LogP contribution in [0.25, 0.3) is 0 Å². The van der Waals surface area contributed by atoms with Gasteiger partial charge in [0.2, 0.25) is 0 Å². The molecule has 0 spiro atoms. The van der Waals surface area contributed by atoms with Gasteiger partial charge in [0.15, 0.2) is 0 Å². The standard InChI is InChI=1S/C16H18IN3O3/c1-4-23-15(21)13-9(2)14(18-10(13)3)20-16(22)19-12-7-5-11(17)6-8-12/h5-8,18H,4H2,1-3H3,(H2,19,20,22). The van der Waals surface area contributed by atoms with Gasteiger partial charge in [-0.3, -0.25) is 5.32 Å². The highest BCUT2D eigenvalue weighted by Crippen LogP contribution is 2.23. The van der Waals surface area contributed by atoms with Crippen LogP contribution in [0.3, 0.4) is 0 Å². The molecule has 2 rings (SSSR count). The van der Waals surface area contributed by atoms with Crippen LogP contribution in [-0.4, -0.2) is 23.6 Å². The number of hydrogen-bond donors (Lipinski definition) is 3. The molecule has 1 aromatic heterocycles. The normalized spacial score (nSPS) is 10.3. The summed E-state index contributed by atoms with van der Waals surface area (Å²) in [6, 6.07) is 7.06. The minimum Gasteiger partial charge on any atom is -0.462 e. The van der Waals surface area contributed by atoms with Gasteiger partial charge in [-0.2, -0.15) is 0 Å². The zero-order valence-electron chi connectivity index (χ0n) is 13.1. The molecule has 23 heavy (non-hydrogen) atoms. The zero-order chi connectivity index (χ0) is 17.0. The molecule has 1 aromatic carbocycles. The van der Waals surface area contributed by atoms with Gasteiger partial charge in [-0.05, 0) is 67.6 Å². The van der Waals surface area contributed by atoms with Crippen LogP contribution in [0.4, 0.5) is 16.3 Å². The molecule has 1 heterocycles. The first-order chi connectivity index (χ1) is 10.9. The highest BCUT2D eigenvalue weighted by atomic mass is 127. The van der Waals surface area contributed by atoms with E-state index in [1.165, 1.54) is 0 Å². The van der Waals surface area contributed by atoms with E-state index in [0.717, 1.165) is 3.57 Å². The van der Waals surface area contributed by atoms with E-state index in [1.54, 1.807) is 20.8 Å². The average Bonchev–Trinajstić information content (AvgIpc) is 2.76. The van der Waals surface area contributed by atoms with Crippen molar-refractivity contribution in [2.45, 2.75) is 20.8 Å². The zero-order valence-corrected chi connectivity index (χ0v) is 15.3. The van der Waals surface area contributed by atoms with Crippen molar-refractivity contribution in [2.24, 2.45) is 0 Å². The van der Waals surface area contributed by atoms with Crippen LogP contribution in [0.1, 0.15) is 28.5 Å². The van der Waals surface area contributed by atoms with E-state index in [-0.39, 0.29) is 6.03 Å². The molecule has 0 aliphatic heterocycles. The third-order valence-corrected chi connectivity index (χ3v) is 3.98. The van der Waals surface area contributed by atoms with E-state index in [1.807, 2.05) is 24.3 Å². The molecule has 0 aliphatic carbocycles. The molecule has 3 N–H and O–H groups in total. The Hall–Kier alpha value is -2.03. The largest absolute Gasteiger partial charge is 0.462 e. The summed E-state index contributed by atoms with van der Waals surface area (Å²) >= 11 is 2.20. The number of nitrogens with one attached hydrogen (secondary N) is 3. The lowest BCUT2D eigenvalue weighted by molar-refractivity contribution is 0.0525. The van der Waals surface area contributed by atoms with Gasteiger partial charge in [-0.25, -0.2) is 9.59 Å². The SMILES string of the molecule is CCOC(=O)c1c(C)[nH]c(NC(=O)Nc2ccc(I)cc2)c1C. The number of aromatic nitrogens is 1. The van der Waals surface area contributed by atoms with E-state index < -0.39 is 5.97 Å². The monoisotopic (exact) mass is 427 g/mol. The minimum atomic E-state index is -0.398.